The first-order valence-electron chi connectivity index (χ1n) is 6.39. The summed E-state index contributed by atoms with van der Waals surface area (Å²) < 4.78 is 5.70. The summed E-state index contributed by atoms with van der Waals surface area (Å²) in [6.45, 7) is 2.07. The highest BCUT2D eigenvalue weighted by Crippen LogP contribution is 2.20. The number of hydrogen-bond acceptors (Lipinski definition) is 3. The minimum absolute atomic E-state index is 0.0898. The Morgan fingerprint density at radius 2 is 2.00 bits per heavy atom. The van der Waals surface area contributed by atoms with Gasteiger partial charge in [0.05, 0.1) is 0 Å². The van der Waals surface area contributed by atoms with Crippen LogP contribution in [0.4, 0.5) is 0 Å². The predicted octanol–water partition coefficient (Wildman–Crippen LogP) is 3.38. The van der Waals surface area contributed by atoms with Gasteiger partial charge in [0.25, 0.3) is 0 Å². The molecule has 3 nitrogen and oxygen atoms in total. The van der Waals surface area contributed by atoms with E-state index in [2.05, 4.69) is 24.0 Å². The molecule has 3 heteroatoms. The molecule has 2 N–H and O–H groups in total. The first-order chi connectivity index (χ1) is 9.22. The molecule has 3 rings (SSSR count). The third kappa shape index (κ3) is 2.51. The second kappa shape index (κ2) is 4.86. The molecule has 3 aromatic rings. The Hall–Kier alpha value is -2.13. The van der Waals surface area contributed by atoms with E-state index in [-0.39, 0.29) is 6.04 Å². The van der Waals surface area contributed by atoms with Crippen LogP contribution in [0.3, 0.4) is 0 Å². The van der Waals surface area contributed by atoms with Gasteiger partial charge in [-0.25, -0.2) is 4.98 Å². The molecule has 0 spiro atoms. The van der Waals surface area contributed by atoms with E-state index in [9.17, 15) is 0 Å². The van der Waals surface area contributed by atoms with Crippen molar-refractivity contribution in [2.45, 2.75) is 19.4 Å². The van der Waals surface area contributed by atoms with E-state index in [1.54, 1.807) is 0 Å². The lowest BCUT2D eigenvalue weighted by Crippen LogP contribution is -2.13. The number of para-hydroxylation sites is 2. The summed E-state index contributed by atoms with van der Waals surface area (Å²) in [7, 11) is 0. The van der Waals surface area contributed by atoms with Crippen molar-refractivity contribution < 1.29 is 4.42 Å². The Bertz CT molecular complexity index is 670. The number of aromatic nitrogens is 1. The second-order valence-electron chi connectivity index (χ2n) is 4.80. The number of oxazole rings is 1. The summed E-state index contributed by atoms with van der Waals surface area (Å²) in [6, 6.07) is 15.9. The maximum Gasteiger partial charge on any atom is 0.197 e. The maximum absolute atomic E-state index is 6.22. The van der Waals surface area contributed by atoms with Gasteiger partial charge in [-0.2, -0.15) is 0 Å². The molecule has 0 saturated heterocycles. The van der Waals surface area contributed by atoms with Crippen LogP contribution in [0.2, 0.25) is 0 Å². The van der Waals surface area contributed by atoms with Crippen molar-refractivity contribution in [3.63, 3.8) is 0 Å². The van der Waals surface area contributed by atoms with Gasteiger partial charge in [0.2, 0.25) is 0 Å². The number of fused-ring (bicyclic) bond motifs is 1. The summed E-state index contributed by atoms with van der Waals surface area (Å²) in [5, 5.41) is 0. The van der Waals surface area contributed by atoms with Crippen LogP contribution >= 0.6 is 0 Å². The molecule has 1 heterocycles. The van der Waals surface area contributed by atoms with Crippen molar-refractivity contribution in [1.29, 1.82) is 0 Å². The average molecular weight is 252 g/mol. The summed E-state index contributed by atoms with van der Waals surface area (Å²) in [6.07, 6.45) is 0.609. The van der Waals surface area contributed by atoms with Gasteiger partial charge < -0.3 is 10.2 Å². The quantitative estimate of drug-likeness (QED) is 0.777. The van der Waals surface area contributed by atoms with Crippen LogP contribution < -0.4 is 5.73 Å². The van der Waals surface area contributed by atoms with Gasteiger partial charge in [-0.15, -0.1) is 0 Å². The Morgan fingerprint density at radius 1 is 1.16 bits per heavy atom. The Balaban J connectivity index is 1.84. The van der Waals surface area contributed by atoms with Gasteiger partial charge in [0, 0.05) is 12.5 Å². The smallest absolute Gasteiger partial charge is 0.197 e. The third-order valence-corrected chi connectivity index (χ3v) is 3.20. The largest absolute Gasteiger partial charge is 0.441 e. The zero-order chi connectivity index (χ0) is 13.2. The Labute approximate surface area is 112 Å². The topological polar surface area (TPSA) is 52.0 Å². The molecule has 0 fully saturated rings. The van der Waals surface area contributed by atoms with Crippen LogP contribution in [0, 0.1) is 6.92 Å². The van der Waals surface area contributed by atoms with Gasteiger partial charge in [0.1, 0.15) is 5.52 Å². The fourth-order valence-corrected chi connectivity index (χ4v) is 2.21. The molecular weight excluding hydrogens is 236 g/mol. The van der Waals surface area contributed by atoms with E-state index in [0.717, 1.165) is 16.7 Å². The number of aryl methyl sites for hydroxylation is 1. The van der Waals surface area contributed by atoms with Crippen LogP contribution in [0.1, 0.15) is 23.1 Å². The standard InChI is InChI=1S/C16H16N2O/c1-11-5-4-6-12(9-11)13(17)10-16-18-14-7-2-3-8-15(14)19-16/h2-9,13H,10,17H2,1H3. The summed E-state index contributed by atoms with van der Waals surface area (Å²) >= 11 is 0. The number of benzene rings is 2. The first kappa shape index (κ1) is 11.9. The van der Waals surface area contributed by atoms with Crippen LogP contribution in [0.25, 0.3) is 11.1 Å². The van der Waals surface area contributed by atoms with Crippen LogP contribution in [0.5, 0.6) is 0 Å². The van der Waals surface area contributed by atoms with Gasteiger partial charge >= 0.3 is 0 Å². The monoisotopic (exact) mass is 252 g/mol. The molecule has 0 aliphatic rings. The number of rotatable bonds is 3. The highest BCUT2D eigenvalue weighted by Gasteiger charge is 2.12. The van der Waals surface area contributed by atoms with Gasteiger partial charge in [0.15, 0.2) is 11.5 Å². The van der Waals surface area contributed by atoms with Crippen molar-refractivity contribution >= 4 is 11.1 Å². The molecule has 2 aromatic carbocycles. The van der Waals surface area contributed by atoms with E-state index in [0.29, 0.717) is 12.3 Å². The SMILES string of the molecule is Cc1cccc(C(N)Cc2nc3ccccc3o2)c1. The Kier molecular flexibility index (Phi) is 3.05. The minimum Gasteiger partial charge on any atom is -0.441 e. The van der Waals surface area contributed by atoms with Gasteiger partial charge in [-0.05, 0) is 24.6 Å². The van der Waals surface area contributed by atoms with E-state index in [1.165, 1.54) is 5.56 Å². The van der Waals surface area contributed by atoms with Crippen LogP contribution in [0.15, 0.2) is 52.9 Å². The molecular formula is C16H16N2O. The molecule has 0 amide bonds. The molecule has 1 aromatic heterocycles. The van der Waals surface area contributed by atoms with E-state index in [4.69, 9.17) is 10.2 Å². The highest BCUT2D eigenvalue weighted by atomic mass is 16.3. The lowest BCUT2D eigenvalue weighted by Gasteiger charge is -2.10. The molecule has 0 aliphatic heterocycles. The van der Waals surface area contributed by atoms with Crippen LogP contribution in [-0.2, 0) is 6.42 Å². The van der Waals surface area contributed by atoms with Gasteiger partial charge in [-0.3, -0.25) is 0 Å². The van der Waals surface area contributed by atoms with Crippen molar-refractivity contribution in [2.75, 3.05) is 0 Å². The Morgan fingerprint density at radius 3 is 2.79 bits per heavy atom. The lowest BCUT2D eigenvalue weighted by molar-refractivity contribution is 0.502. The van der Waals surface area contributed by atoms with Crippen molar-refractivity contribution in [3.05, 3.63) is 65.5 Å². The molecule has 0 aliphatic carbocycles. The summed E-state index contributed by atoms with van der Waals surface area (Å²) in [5.74, 6) is 0.690. The van der Waals surface area contributed by atoms with Gasteiger partial charge in [-0.1, -0.05) is 42.0 Å². The van der Waals surface area contributed by atoms with Crippen molar-refractivity contribution in [3.8, 4) is 0 Å². The summed E-state index contributed by atoms with van der Waals surface area (Å²) in [4.78, 5) is 4.45. The fraction of sp³-hybridized carbons (Fsp3) is 0.188. The van der Waals surface area contributed by atoms with E-state index >= 15 is 0 Å². The zero-order valence-corrected chi connectivity index (χ0v) is 10.8. The third-order valence-electron chi connectivity index (χ3n) is 3.20. The maximum atomic E-state index is 6.22. The number of hydrogen-bond donors (Lipinski definition) is 1. The first-order valence-corrected chi connectivity index (χ1v) is 6.39. The van der Waals surface area contributed by atoms with E-state index in [1.807, 2.05) is 36.4 Å². The normalized spacial score (nSPS) is 12.7. The molecule has 1 atom stereocenters. The van der Waals surface area contributed by atoms with E-state index < -0.39 is 0 Å². The summed E-state index contributed by atoms with van der Waals surface area (Å²) in [5.41, 5.74) is 10.2. The number of nitrogens with zero attached hydrogens (tertiary/aromatic N) is 1. The lowest BCUT2D eigenvalue weighted by atomic mass is 10.0. The molecule has 96 valence electrons. The van der Waals surface area contributed by atoms with Crippen molar-refractivity contribution in [2.24, 2.45) is 5.73 Å². The van der Waals surface area contributed by atoms with Crippen LogP contribution in [-0.4, -0.2) is 4.98 Å². The average Bonchev–Trinajstić information content (AvgIpc) is 2.80. The molecule has 19 heavy (non-hydrogen) atoms. The minimum atomic E-state index is -0.0898. The van der Waals surface area contributed by atoms with Crippen molar-refractivity contribution in [1.82, 2.24) is 4.98 Å². The zero-order valence-electron chi connectivity index (χ0n) is 10.8. The second-order valence-corrected chi connectivity index (χ2v) is 4.80. The number of nitrogens with two attached hydrogens (primary N) is 1. The highest BCUT2D eigenvalue weighted by molar-refractivity contribution is 5.72. The molecule has 1 unspecified atom stereocenters. The molecule has 0 bridgehead atoms. The fourth-order valence-electron chi connectivity index (χ4n) is 2.21. The molecule has 0 radical (unpaired) electrons. The molecule has 0 saturated carbocycles. The predicted molar refractivity (Wildman–Crippen MR) is 75.8 cm³/mol.